The predicted molar refractivity (Wildman–Crippen MR) is 103 cm³/mol. The van der Waals surface area contributed by atoms with Gasteiger partial charge in [-0.05, 0) is 101 Å². The fourth-order valence-corrected chi connectivity index (χ4v) is 6.24. The Kier molecular flexibility index (Phi) is 7.25. The van der Waals surface area contributed by atoms with Gasteiger partial charge in [-0.15, -0.1) is 0 Å². The van der Waals surface area contributed by atoms with Crippen LogP contribution < -0.4 is 0 Å². The van der Waals surface area contributed by atoms with Gasteiger partial charge in [0.1, 0.15) is 0 Å². The van der Waals surface area contributed by atoms with Crippen LogP contribution in [0.25, 0.3) is 0 Å². The second-order valence-electron chi connectivity index (χ2n) is 9.23. The third-order valence-electron chi connectivity index (χ3n) is 8.01. The number of carbonyl (C=O) groups excluding carboxylic acids is 1. The van der Waals surface area contributed by atoms with Crippen molar-refractivity contribution in [2.75, 3.05) is 6.61 Å². The average molecular weight is 349 g/mol. The minimum atomic E-state index is 0.0624. The van der Waals surface area contributed by atoms with E-state index in [2.05, 4.69) is 6.92 Å². The maximum Gasteiger partial charge on any atom is 0.308 e. The molecule has 3 aliphatic rings. The molecule has 0 spiro atoms. The van der Waals surface area contributed by atoms with Crippen molar-refractivity contribution in [1.29, 1.82) is 0 Å². The van der Waals surface area contributed by atoms with Crippen LogP contribution in [0.15, 0.2) is 0 Å². The fourth-order valence-electron chi connectivity index (χ4n) is 6.24. The first kappa shape index (κ1) is 19.2. The molecular formula is C23H40O2. The summed E-state index contributed by atoms with van der Waals surface area (Å²) < 4.78 is 5.22. The van der Waals surface area contributed by atoms with Gasteiger partial charge in [0, 0.05) is 0 Å². The maximum atomic E-state index is 11.9. The molecule has 0 atom stereocenters. The molecular weight excluding hydrogens is 308 g/mol. The number of hydrogen-bond donors (Lipinski definition) is 0. The van der Waals surface area contributed by atoms with Crippen molar-refractivity contribution in [2.45, 2.75) is 97.3 Å². The molecule has 0 unspecified atom stereocenters. The first-order valence-electron chi connectivity index (χ1n) is 11.4. The zero-order chi connectivity index (χ0) is 17.6. The average Bonchev–Trinajstić information content (AvgIpc) is 2.68. The highest BCUT2D eigenvalue weighted by Gasteiger charge is 2.35. The van der Waals surface area contributed by atoms with Gasteiger partial charge in [0.05, 0.1) is 12.5 Å². The Labute approximate surface area is 155 Å². The maximum absolute atomic E-state index is 11.9. The Morgan fingerprint density at radius 2 is 1.08 bits per heavy atom. The van der Waals surface area contributed by atoms with Crippen LogP contribution in [0.1, 0.15) is 97.3 Å². The highest BCUT2D eigenvalue weighted by atomic mass is 16.5. The summed E-state index contributed by atoms with van der Waals surface area (Å²) in [6.07, 6.45) is 18.0. The van der Waals surface area contributed by atoms with Crippen LogP contribution in [-0.2, 0) is 9.53 Å². The van der Waals surface area contributed by atoms with E-state index >= 15 is 0 Å². The first-order valence-corrected chi connectivity index (χ1v) is 11.4. The lowest BCUT2D eigenvalue weighted by atomic mass is 9.65. The molecule has 0 aromatic carbocycles. The van der Waals surface area contributed by atoms with Gasteiger partial charge < -0.3 is 4.74 Å². The normalized spacial score (nSPS) is 39.8. The number of ether oxygens (including phenoxy) is 1. The molecule has 3 aliphatic carbocycles. The summed E-state index contributed by atoms with van der Waals surface area (Å²) in [6, 6.07) is 0. The monoisotopic (exact) mass is 348 g/mol. The van der Waals surface area contributed by atoms with Crippen molar-refractivity contribution in [2.24, 2.45) is 35.5 Å². The quantitative estimate of drug-likeness (QED) is 0.539. The van der Waals surface area contributed by atoms with E-state index in [1.807, 2.05) is 6.92 Å². The molecule has 0 bridgehead atoms. The second-order valence-corrected chi connectivity index (χ2v) is 9.23. The van der Waals surface area contributed by atoms with Crippen LogP contribution in [0.2, 0.25) is 0 Å². The van der Waals surface area contributed by atoms with Crippen molar-refractivity contribution >= 4 is 5.97 Å². The van der Waals surface area contributed by atoms with Crippen LogP contribution >= 0.6 is 0 Å². The summed E-state index contributed by atoms with van der Waals surface area (Å²) in [4.78, 5) is 11.9. The third-order valence-corrected chi connectivity index (χ3v) is 8.01. The smallest absolute Gasteiger partial charge is 0.308 e. The van der Waals surface area contributed by atoms with Gasteiger partial charge in [-0.25, -0.2) is 0 Å². The summed E-state index contributed by atoms with van der Waals surface area (Å²) in [5.74, 6) is 5.21. The van der Waals surface area contributed by atoms with E-state index in [0.717, 1.165) is 42.4 Å². The third kappa shape index (κ3) is 5.01. The van der Waals surface area contributed by atoms with Gasteiger partial charge in [0.25, 0.3) is 0 Å². The van der Waals surface area contributed by atoms with E-state index in [1.165, 1.54) is 70.6 Å². The molecule has 0 heterocycles. The van der Waals surface area contributed by atoms with Gasteiger partial charge >= 0.3 is 5.97 Å². The molecule has 3 fully saturated rings. The molecule has 25 heavy (non-hydrogen) atoms. The van der Waals surface area contributed by atoms with Crippen LogP contribution in [0.3, 0.4) is 0 Å². The summed E-state index contributed by atoms with van der Waals surface area (Å²) in [7, 11) is 0. The molecule has 2 heteroatoms. The van der Waals surface area contributed by atoms with Crippen LogP contribution in [0.4, 0.5) is 0 Å². The van der Waals surface area contributed by atoms with Crippen LogP contribution in [-0.4, -0.2) is 12.6 Å². The zero-order valence-corrected chi connectivity index (χ0v) is 16.7. The van der Waals surface area contributed by atoms with Gasteiger partial charge in [0.15, 0.2) is 0 Å². The van der Waals surface area contributed by atoms with Crippen molar-refractivity contribution in [3.8, 4) is 0 Å². The Balaban J connectivity index is 1.38. The molecule has 0 aromatic heterocycles. The summed E-state index contributed by atoms with van der Waals surface area (Å²) in [6.45, 7) is 4.81. The fraction of sp³-hybridized carbons (Fsp3) is 0.957. The Morgan fingerprint density at radius 3 is 1.48 bits per heavy atom. The minimum absolute atomic E-state index is 0.0624. The Morgan fingerprint density at radius 1 is 0.680 bits per heavy atom. The molecule has 0 amide bonds. The van der Waals surface area contributed by atoms with Crippen molar-refractivity contribution in [3.05, 3.63) is 0 Å². The Hall–Kier alpha value is -0.530. The topological polar surface area (TPSA) is 26.3 Å². The number of hydrogen-bond acceptors (Lipinski definition) is 2. The van der Waals surface area contributed by atoms with Crippen molar-refractivity contribution in [3.63, 3.8) is 0 Å². The minimum Gasteiger partial charge on any atom is -0.466 e. The van der Waals surface area contributed by atoms with E-state index in [1.54, 1.807) is 0 Å². The van der Waals surface area contributed by atoms with Crippen molar-refractivity contribution < 1.29 is 9.53 Å². The van der Waals surface area contributed by atoms with Crippen LogP contribution in [0, 0.1) is 35.5 Å². The first-order chi connectivity index (χ1) is 12.2. The van der Waals surface area contributed by atoms with Gasteiger partial charge in [-0.3, -0.25) is 4.79 Å². The second kappa shape index (κ2) is 9.42. The summed E-state index contributed by atoms with van der Waals surface area (Å²) in [5.41, 5.74) is 0. The number of esters is 1. The molecule has 0 aromatic rings. The van der Waals surface area contributed by atoms with Gasteiger partial charge in [-0.1, -0.05) is 26.2 Å². The van der Waals surface area contributed by atoms with E-state index in [9.17, 15) is 4.79 Å². The largest absolute Gasteiger partial charge is 0.466 e. The predicted octanol–water partition coefficient (Wildman–Crippen LogP) is 6.38. The molecule has 2 nitrogen and oxygen atoms in total. The van der Waals surface area contributed by atoms with Gasteiger partial charge in [0.2, 0.25) is 0 Å². The highest BCUT2D eigenvalue weighted by molar-refractivity contribution is 5.72. The number of carbonyl (C=O) groups is 1. The number of rotatable bonds is 5. The standard InChI is InChI=1S/C23H40O2/c1-3-17-5-7-18(8-6-17)19-9-11-20(12-10-19)21-13-15-22(16-14-21)23(24)25-4-2/h17-22H,3-16H2,1-2H3/t17-,18-,19?,20?,21-,22+. The molecule has 144 valence electrons. The molecule has 0 radical (unpaired) electrons. The molecule has 0 aliphatic heterocycles. The SMILES string of the molecule is CCOC(=O)[C@H]1CC[C@@H](C2CCC([C@H]3CC[C@H](CC)CC3)CC2)CC1. The molecule has 3 rings (SSSR count). The molecule has 0 saturated heterocycles. The van der Waals surface area contributed by atoms with Gasteiger partial charge in [-0.2, -0.15) is 0 Å². The zero-order valence-electron chi connectivity index (χ0n) is 16.7. The van der Waals surface area contributed by atoms with Crippen LogP contribution in [0.5, 0.6) is 0 Å². The lowest BCUT2D eigenvalue weighted by molar-refractivity contribution is -0.149. The Bertz CT molecular complexity index is 394. The molecule has 0 N–H and O–H groups in total. The lowest BCUT2D eigenvalue weighted by Crippen LogP contribution is -2.31. The van der Waals surface area contributed by atoms with E-state index in [4.69, 9.17) is 4.74 Å². The summed E-state index contributed by atoms with van der Waals surface area (Å²) >= 11 is 0. The highest BCUT2D eigenvalue weighted by Crippen LogP contribution is 2.46. The summed E-state index contributed by atoms with van der Waals surface area (Å²) in [5, 5.41) is 0. The van der Waals surface area contributed by atoms with E-state index in [0.29, 0.717) is 6.61 Å². The van der Waals surface area contributed by atoms with E-state index in [-0.39, 0.29) is 11.9 Å². The van der Waals surface area contributed by atoms with E-state index < -0.39 is 0 Å². The lowest BCUT2D eigenvalue weighted by Gasteiger charge is -2.41. The van der Waals surface area contributed by atoms with Crippen molar-refractivity contribution in [1.82, 2.24) is 0 Å². The molecule has 3 saturated carbocycles.